The first kappa shape index (κ1) is 19.7. The third-order valence-electron chi connectivity index (χ3n) is 4.24. The minimum atomic E-state index is -0.408. The zero-order valence-corrected chi connectivity index (χ0v) is 16.6. The van der Waals surface area contributed by atoms with Crippen molar-refractivity contribution >= 4 is 23.1 Å². The number of fused-ring (bicyclic) bond motifs is 1. The molecule has 0 radical (unpaired) electrons. The molecular weight excluding hydrogens is 359 g/mol. The minimum absolute atomic E-state index is 0.141. The van der Waals surface area contributed by atoms with E-state index in [0.717, 1.165) is 28.9 Å². The second kappa shape index (κ2) is 8.73. The molecular formula is C21H25FN4O2. The molecule has 3 rings (SSSR count). The lowest BCUT2D eigenvalue weighted by Gasteiger charge is -2.18. The quantitative estimate of drug-likeness (QED) is 0.567. The first-order valence-corrected chi connectivity index (χ1v) is 9.28. The zero-order chi connectivity index (χ0) is 20.1. The summed E-state index contributed by atoms with van der Waals surface area (Å²) in [6.07, 6.45) is 6.05. The second-order valence-corrected chi connectivity index (χ2v) is 6.77. The maximum Gasteiger partial charge on any atom is 0.202 e. The molecule has 1 aromatic heterocycles. The van der Waals surface area contributed by atoms with Crippen LogP contribution in [-0.2, 0) is 4.74 Å². The largest absolute Gasteiger partial charge is 0.500 e. The van der Waals surface area contributed by atoms with Gasteiger partial charge in [-0.05, 0) is 45.4 Å². The van der Waals surface area contributed by atoms with E-state index in [-0.39, 0.29) is 5.75 Å². The Kier molecular flexibility index (Phi) is 6.13. The van der Waals surface area contributed by atoms with Gasteiger partial charge in [-0.15, -0.1) is 0 Å². The Labute approximate surface area is 164 Å². The van der Waals surface area contributed by atoms with Crippen LogP contribution in [0.25, 0.3) is 10.9 Å². The van der Waals surface area contributed by atoms with Gasteiger partial charge in [0.1, 0.15) is 12.6 Å². The van der Waals surface area contributed by atoms with Crippen LogP contribution in [0.1, 0.15) is 39.3 Å². The first-order valence-electron chi connectivity index (χ1n) is 9.28. The van der Waals surface area contributed by atoms with Crippen molar-refractivity contribution in [2.75, 3.05) is 6.61 Å². The predicted octanol–water partition coefficient (Wildman–Crippen LogP) is 5.23. The summed E-state index contributed by atoms with van der Waals surface area (Å²) < 4.78 is 26.0. The number of hydrazone groups is 1. The van der Waals surface area contributed by atoms with E-state index in [9.17, 15) is 4.39 Å². The van der Waals surface area contributed by atoms with Gasteiger partial charge >= 0.3 is 0 Å². The summed E-state index contributed by atoms with van der Waals surface area (Å²) in [5, 5.41) is 6.50. The molecule has 28 heavy (non-hydrogen) atoms. The van der Waals surface area contributed by atoms with Gasteiger partial charge in [0.05, 0.1) is 19.2 Å². The van der Waals surface area contributed by atoms with Crippen LogP contribution in [0.2, 0.25) is 0 Å². The maximum atomic E-state index is 14.8. The van der Waals surface area contributed by atoms with Gasteiger partial charge in [-0.1, -0.05) is 12.5 Å². The summed E-state index contributed by atoms with van der Waals surface area (Å²) in [5.41, 5.74) is 3.57. The lowest BCUT2D eigenvalue weighted by atomic mass is 10.2. The summed E-state index contributed by atoms with van der Waals surface area (Å²) in [5.74, 6) is 0.104. The molecule has 2 aromatic rings. The zero-order valence-electron chi connectivity index (χ0n) is 16.6. The number of hydrogen-bond donors (Lipinski definition) is 1. The molecule has 148 valence electrons. The summed E-state index contributed by atoms with van der Waals surface area (Å²) in [6, 6.07) is 5.17. The number of H-pyrrole nitrogens is 1. The number of benzene rings is 1. The predicted molar refractivity (Wildman–Crippen MR) is 110 cm³/mol. The van der Waals surface area contributed by atoms with E-state index in [1.807, 2.05) is 27.7 Å². The molecule has 7 heteroatoms. The Morgan fingerprint density at radius 2 is 2.18 bits per heavy atom. The van der Waals surface area contributed by atoms with Crippen molar-refractivity contribution in [1.82, 2.24) is 9.99 Å². The van der Waals surface area contributed by atoms with Crippen LogP contribution in [-0.4, -0.2) is 28.8 Å². The number of hydrogen-bond acceptors (Lipinski definition) is 5. The van der Waals surface area contributed by atoms with Gasteiger partial charge in [0.15, 0.2) is 11.6 Å². The van der Waals surface area contributed by atoms with E-state index in [2.05, 4.69) is 15.1 Å². The molecule has 0 atom stereocenters. The molecule has 0 saturated heterocycles. The van der Waals surface area contributed by atoms with Gasteiger partial charge in [-0.2, -0.15) is 5.10 Å². The van der Waals surface area contributed by atoms with Gasteiger partial charge in [0.2, 0.25) is 5.90 Å². The molecule has 6 nitrogen and oxygen atoms in total. The molecule has 0 aliphatic carbocycles. The number of nitrogens with zero attached hydrogens (tertiary/aromatic N) is 3. The molecule has 1 aliphatic heterocycles. The van der Waals surface area contributed by atoms with Crippen molar-refractivity contribution in [3.05, 3.63) is 53.4 Å². The van der Waals surface area contributed by atoms with Crippen molar-refractivity contribution in [3.63, 3.8) is 0 Å². The average molecular weight is 384 g/mol. The SMILES string of the molecule is CCCO/C=C/N1N=CN=C(Oc2ccc3[nH]c(C)cc3c2F)CC1=C(C)C. The van der Waals surface area contributed by atoms with Crippen LogP contribution in [0.15, 0.2) is 52.0 Å². The summed E-state index contributed by atoms with van der Waals surface area (Å²) in [4.78, 5) is 7.37. The van der Waals surface area contributed by atoms with Gasteiger partial charge in [-0.3, -0.25) is 0 Å². The van der Waals surface area contributed by atoms with E-state index in [0.29, 0.717) is 24.3 Å². The highest BCUT2D eigenvalue weighted by Crippen LogP contribution is 2.28. The van der Waals surface area contributed by atoms with Crippen molar-refractivity contribution in [3.8, 4) is 5.75 Å². The van der Waals surface area contributed by atoms with E-state index >= 15 is 0 Å². The minimum Gasteiger partial charge on any atom is -0.500 e. The Hall–Kier alpha value is -3.09. The van der Waals surface area contributed by atoms with Gasteiger partial charge < -0.3 is 14.5 Å². The Morgan fingerprint density at radius 1 is 1.36 bits per heavy atom. The normalized spacial score (nSPS) is 14.5. The average Bonchev–Trinajstić information content (AvgIpc) is 2.92. The lowest BCUT2D eigenvalue weighted by Crippen LogP contribution is -2.16. The number of rotatable bonds is 5. The maximum absolute atomic E-state index is 14.8. The molecule has 0 bridgehead atoms. The highest BCUT2D eigenvalue weighted by atomic mass is 19.1. The summed E-state index contributed by atoms with van der Waals surface area (Å²) in [6.45, 7) is 8.54. The van der Waals surface area contributed by atoms with E-state index in [1.165, 1.54) is 6.34 Å². The lowest BCUT2D eigenvalue weighted by molar-refractivity contribution is 0.243. The second-order valence-electron chi connectivity index (χ2n) is 6.77. The monoisotopic (exact) mass is 384 g/mol. The van der Waals surface area contributed by atoms with Crippen LogP contribution in [0, 0.1) is 12.7 Å². The Bertz CT molecular complexity index is 968. The number of halogens is 1. The number of aromatic amines is 1. The third kappa shape index (κ3) is 4.42. The standard InChI is InChI=1S/C21H25FN4O2/c1-5-9-27-10-8-26-18(14(2)3)12-20(23-13-24-26)28-19-7-6-17-16(21(19)22)11-15(4)25-17/h6-8,10-11,13,25H,5,9,12H2,1-4H3/b10-8+. The van der Waals surface area contributed by atoms with Crippen LogP contribution < -0.4 is 4.74 Å². The Balaban J connectivity index is 1.80. The molecule has 1 N–H and O–H groups in total. The van der Waals surface area contributed by atoms with Crippen molar-refractivity contribution < 1.29 is 13.9 Å². The fourth-order valence-corrected chi connectivity index (χ4v) is 2.86. The number of aliphatic imine (C=N–C) groups is 1. The molecule has 0 amide bonds. The molecule has 0 spiro atoms. The van der Waals surface area contributed by atoms with E-state index in [1.54, 1.807) is 35.7 Å². The van der Waals surface area contributed by atoms with Crippen LogP contribution in [0.5, 0.6) is 5.75 Å². The smallest absolute Gasteiger partial charge is 0.202 e. The van der Waals surface area contributed by atoms with Crippen LogP contribution >= 0.6 is 0 Å². The molecule has 0 fully saturated rings. The molecule has 1 aliphatic rings. The van der Waals surface area contributed by atoms with Crippen LogP contribution in [0.4, 0.5) is 4.39 Å². The molecule has 1 aromatic carbocycles. The fraction of sp³-hybridized carbons (Fsp3) is 0.333. The van der Waals surface area contributed by atoms with Crippen molar-refractivity contribution in [1.29, 1.82) is 0 Å². The van der Waals surface area contributed by atoms with Gasteiger partial charge in [0, 0.05) is 22.3 Å². The first-order chi connectivity index (χ1) is 13.5. The van der Waals surface area contributed by atoms with E-state index in [4.69, 9.17) is 9.47 Å². The summed E-state index contributed by atoms with van der Waals surface area (Å²) >= 11 is 0. The highest BCUT2D eigenvalue weighted by molar-refractivity contribution is 5.89. The topological polar surface area (TPSA) is 62.2 Å². The van der Waals surface area contributed by atoms with Crippen molar-refractivity contribution in [2.24, 2.45) is 10.1 Å². The van der Waals surface area contributed by atoms with Gasteiger partial charge in [0.25, 0.3) is 0 Å². The fourth-order valence-electron chi connectivity index (χ4n) is 2.86. The molecule has 0 saturated carbocycles. The number of nitrogens with one attached hydrogen (secondary N) is 1. The highest BCUT2D eigenvalue weighted by Gasteiger charge is 2.18. The summed E-state index contributed by atoms with van der Waals surface area (Å²) in [7, 11) is 0. The third-order valence-corrected chi connectivity index (χ3v) is 4.24. The number of aromatic nitrogens is 1. The molecule has 0 unspecified atom stereocenters. The number of ether oxygens (including phenoxy) is 2. The van der Waals surface area contributed by atoms with Gasteiger partial charge in [-0.25, -0.2) is 14.4 Å². The number of aryl methyl sites for hydroxylation is 1. The van der Waals surface area contributed by atoms with Crippen LogP contribution in [0.3, 0.4) is 0 Å². The number of allylic oxidation sites excluding steroid dienone is 1. The Morgan fingerprint density at radius 3 is 2.93 bits per heavy atom. The van der Waals surface area contributed by atoms with Crippen molar-refractivity contribution in [2.45, 2.75) is 40.5 Å². The van der Waals surface area contributed by atoms with E-state index < -0.39 is 5.82 Å². The molecule has 2 heterocycles.